The number of aromatic nitrogens is 1. The van der Waals surface area contributed by atoms with Gasteiger partial charge in [0.25, 0.3) is 11.0 Å². The second-order valence-corrected chi connectivity index (χ2v) is 5.69. The third kappa shape index (κ3) is 3.06. The normalized spacial score (nSPS) is 15.0. The monoisotopic (exact) mass is 304 g/mol. The number of morpholine rings is 1. The molecular formula is C15H18N3O2S+. The smallest absolute Gasteiger partial charge is 0.287 e. The molecule has 1 aliphatic heterocycles. The lowest BCUT2D eigenvalue weighted by Crippen LogP contribution is -2.45. The van der Waals surface area contributed by atoms with Gasteiger partial charge in [0.1, 0.15) is 5.69 Å². The van der Waals surface area contributed by atoms with Crippen molar-refractivity contribution < 1.29 is 14.1 Å². The molecule has 0 atom stereocenters. The molecule has 1 aromatic heterocycles. The topological polar surface area (TPSA) is 45.5 Å². The average Bonchev–Trinajstić information content (AvgIpc) is 2.92. The number of carbonyl (C=O) groups is 1. The first-order valence-electron chi connectivity index (χ1n) is 6.95. The van der Waals surface area contributed by atoms with Gasteiger partial charge in [0, 0.05) is 6.92 Å². The van der Waals surface area contributed by atoms with Crippen LogP contribution in [0.15, 0.2) is 35.7 Å². The number of nitrogens with zero attached hydrogens (tertiary/aromatic N) is 2. The molecule has 110 valence electrons. The SMILES string of the molecule is CC(=O)Nc1csc(N2CCOCC2)[n+]1-c1ccccc1. The highest BCUT2D eigenvalue weighted by Crippen LogP contribution is 2.24. The fourth-order valence-corrected chi connectivity index (χ4v) is 3.40. The zero-order valence-electron chi connectivity index (χ0n) is 11.9. The summed E-state index contributed by atoms with van der Waals surface area (Å²) in [5, 5.41) is 6.01. The summed E-state index contributed by atoms with van der Waals surface area (Å²) in [7, 11) is 0. The molecule has 2 aromatic rings. The molecule has 0 spiro atoms. The Bertz CT molecular complexity index is 621. The fourth-order valence-electron chi connectivity index (χ4n) is 2.38. The van der Waals surface area contributed by atoms with Crippen molar-refractivity contribution >= 4 is 28.2 Å². The molecule has 1 aromatic carbocycles. The molecule has 0 aliphatic carbocycles. The number of benzene rings is 1. The van der Waals surface area contributed by atoms with Crippen LogP contribution >= 0.6 is 11.3 Å². The second kappa shape index (κ2) is 6.24. The maximum Gasteiger partial charge on any atom is 0.287 e. The van der Waals surface area contributed by atoms with Crippen molar-refractivity contribution in [1.82, 2.24) is 0 Å². The lowest BCUT2D eigenvalue weighted by atomic mass is 10.3. The summed E-state index contributed by atoms with van der Waals surface area (Å²) in [6.07, 6.45) is 0. The predicted molar refractivity (Wildman–Crippen MR) is 83.2 cm³/mol. The Labute approximate surface area is 127 Å². The number of hydrogen-bond donors (Lipinski definition) is 1. The van der Waals surface area contributed by atoms with Gasteiger partial charge in [-0.25, -0.2) is 5.32 Å². The van der Waals surface area contributed by atoms with E-state index >= 15 is 0 Å². The Kier molecular flexibility index (Phi) is 4.17. The molecule has 0 radical (unpaired) electrons. The number of nitrogens with one attached hydrogen (secondary N) is 1. The van der Waals surface area contributed by atoms with Gasteiger partial charge in [-0.3, -0.25) is 9.69 Å². The molecule has 5 nitrogen and oxygen atoms in total. The molecule has 1 N–H and O–H groups in total. The van der Waals surface area contributed by atoms with Gasteiger partial charge < -0.3 is 4.74 Å². The molecular weight excluding hydrogens is 286 g/mol. The lowest BCUT2D eigenvalue weighted by molar-refractivity contribution is -0.562. The van der Waals surface area contributed by atoms with E-state index in [1.165, 1.54) is 6.92 Å². The van der Waals surface area contributed by atoms with Gasteiger partial charge in [-0.15, -0.1) is 0 Å². The van der Waals surface area contributed by atoms with Gasteiger partial charge >= 0.3 is 0 Å². The predicted octanol–water partition coefficient (Wildman–Crippen LogP) is 1.82. The number of amides is 1. The summed E-state index contributed by atoms with van der Waals surface area (Å²) in [5.74, 6) is 0.742. The van der Waals surface area contributed by atoms with E-state index in [1.807, 2.05) is 35.7 Å². The molecule has 6 heteroatoms. The van der Waals surface area contributed by atoms with E-state index < -0.39 is 0 Å². The Balaban J connectivity index is 2.03. The number of hydrogen-bond acceptors (Lipinski definition) is 4. The van der Waals surface area contributed by atoms with Crippen LogP contribution < -0.4 is 14.8 Å². The van der Waals surface area contributed by atoms with Crippen molar-refractivity contribution in [3.8, 4) is 5.69 Å². The third-order valence-electron chi connectivity index (χ3n) is 3.31. The highest BCUT2D eigenvalue weighted by atomic mass is 32.1. The largest absolute Gasteiger partial charge is 0.375 e. The zero-order chi connectivity index (χ0) is 14.7. The van der Waals surface area contributed by atoms with E-state index in [4.69, 9.17) is 4.74 Å². The van der Waals surface area contributed by atoms with Crippen LogP contribution in [-0.2, 0) is 9.53 Å². The van der Waals surface area contributed by atoms with Gasteiger partial charge in [0.15, 0.2) is 0 Å². The molecule has 1 amide bonds. The maximum absolute atomic E-state index is 11.4. The van der Waals surface area contributed by atoms with Gasteiger partial charge in [-0.05, 0) is 12.1 Å². The van der Waals surface area contributed by atoms with Crippen LogP contribution in [0.25, 0.3) is 5.69 Å². The molecule has 0 unspecified atom stereocenters. The number of ether oxygens (including phenoxy) is 1. The van der Waals surface area contributed by atoms with Crippen molar-refractivity contribution in [1.29, 1.82) is 0 Å². The van der Waals surface area contributed by atoms with Gasteiger partial charge in [0.05, 0.1) is 31.7 Å². The molecule has 3 rings (SSSR count). The first-order valence-corrected chi connectivity index (χ1v) is 7.83. The van der Waals surface area contributed by atoms with E-state index in [0.717, 1.165) is 42.9 Å². The number of rotatable bonds is 3. The van der Waals surface area contributed by atoms with Crippen molar-refractivity contribution in [2.45, 2.75) is 6.92 Å². The minimum Gasteiger partial charge on any atom is -0.375 e. The number of carbonyl (C=O) groups excluding carboxylic acids is 1. The number of para-hydroxylation sites is 1. The summed E-state index contributed by atoms with van der Waals surface area (Å²) in [6, 6.07) is 10.1. The summed E-state index contributed by atoms with van der Waals surface area (Å²) in [5.41, 5.74) is 1.05. The second-order valence-electron chi connectivity index (χ2n) is 4.86. The van der Waals surface area contributed by atoms with Crippen LogP contribution in [0.5, 0.6) is 0 Å². The van der Waals surface area contributed by atoms with E-state index in [2.05, 4.69) is 14.8 Å². The minimum atomic E-state index is -0.0639. The molecule has 2 heterocycles. The van der Waals surface area contributed by atoms with Crippen molar-refractivity contribution in [2.24, 2.45) is 0 Å². The zero-order valence-corrected chi connectivity index (χ0v) is 12.7. The molecule has 21 heavy (non-hydrogen) atoms. The van der Waals surface area contributed by atoms with E-state index in [9.17, 15) is 4.79 Å². The Morgan fingerprint density at radius 1 is 1.29 bits per heavy atom. The first-order chi connectivity index (χ1) is 10.3. The molecule has 0 saturated carbocycles. The van der Waals surface area contributed by atoms with E-state index in [0.29, 0.717) is 0 Å². The van der Waals surface area contributed by atoms with Crippen molar-refractivity contribution in [3.63, 3.8) is 0 Å². The van der Waals surface area contributed by atoms with Gasteiger partial charge in [-0.2, -0.15) is 4.57 Å². The van der Waals surface area contributed by atoms with E-state index in [-0.39, 0.29) is 5.91 Å². The molecule has 1 fully saturated rings. The van der Waals surface area contributed by atoms with E-state index in [1.54, 1.807) is 11.3 Å². The third-order valence-corrected chi connectivity index (χ3v) is 4.30. The molecule has 1 saturated heterocycles. The highest BCUT2D eigenvalue weighted by molar-refractivity contribution is 7.13. The Hall–Kier alpha value is -1.92. The van der Waals surface area contributed by atoms with Crippen molar-refractivity contribution in [2.75, 3.05) is 36.5 Å². The lowest BCUT2D eigenvalue weighted by Gasteiger charge is -2.23. The Morgan fingerprint density at radius 2 is 2.00 bits per heavy atom. The molecule has 0 bridgehead atoms. The molecule has 1 aliphatic rings. The highest BCUT2D eigenvalue weighted by Gasteiger charge is 2.26. The number of thiazole rings is 1. The summed E-state index contributed by atoms with van der Waals surface area (Å²) < 4.78 is 7.52. The summed E-state index contributed by atoms with van der Waals surface area (Å²) >= 11 is 1.64. The maximum atomic E-state index is 11.4. The van der Waals surface area contributed by atoms with Crippen LogP contribution in [0.3, 0.4) is 0 Å². The van der Waals surface area contributed by atoms with Crippen LogP contribution in [-0.4, -0.2) is 32.2 Å². The standard InChI is InChI=1S/C15H17N3O2S/c1-12(19)16-14-11-21-15(17-7-9-20-10-8-17)18(14)13-5-3-2-4-6-13/h2-6,11H,7-10H2,1H3/p+1. The van der Waals surface area contributed by atoms with Crippen LogP contribution in [0.2, 0.25) is 0 Å². The average molecular weight is 304 g/mol. The van der Waals surface area contributed by atoms with Crippen LogP contribution in [0, 0.1) is 0 Å². The van der Waals surface area contributed by atoms with Gasteiger partial charge in [-0.1, -0.05) is 29.5 Å². The summed E-state index contributed by atoms with van der Waals surface area (Å²) in [6.45, 7) is 4.74. The quantitative estimate of drug-likeness (QED) is 0.880. The fraction of sp³-hybridized carbons (Fsp3) is 0.333. The minimum absolute atomic E-state index is 0.0639. The summed E-state index contributed by atoms with van der Waals surface area (Å²) in [4.78, 5) is 13.7. The van der Waals surface area contributed by atoms with Crippen LogP contribution in [0.1, 0.15) is 6.92 Å². The van der Waals surface area contributed by atoms with Gasteiger partial charge in [0.2, 0.25) is 5.82 Å². The van der Waals surface area contributed by atoms with Crippen LogP contribution in [0.4, 0.5) is 10.9 Å². The number of anilines is 2. The van der Waals surface area contributed by atoms with Crippen molar-refractivity contribution in [3.05, 3.63) is 35.7 Å². The first kappa shape index (κ1) is 14.0. The Morgan fingerprint density at radius 3 is 2.67 bits per heavy atom.